The number of hydrogen-bond donors (Lipinski definition) is 0. The Morgan fingerprint density at radius 1 is 1.00 bits per heavy atom. The van der Waals surface area contributed by atoms with E-state index in [1.54, 1.807) is 0 Å². The lowest BCUT2D eigenvalue weighted by Gasteiger charge is -2.06. The summed E-state index contributed by atoms with van der Waals surface area (Å²) in [5.41, 5.74) is 3.56. The molecule has 0 amide bonds. The van der Waals surface area contributed by atoms with Gasteiger partial charge in [-0.25, -0.2) is 0 Å². The number of benzene rings is 2. The van der Waals surface area contributed by atoms with Crippen molar-refractivity contribution >= 4 is 27.5 Å². The van der Waals surface area contributed by atoms with Crippen molar-refractivity contribution in [2.75, 3.05) is 0 Å². The molecule has 0 nitrogen and oxygen atoms in total. The largest absolute Gasteiger partial charge is 0.0831 e. The van der Waals surface area contributed by atoms with E-state index < -0.39 is 0 Å². The van der Waals surface area contributed by atoms with Crippen molar-refractivity contribution in [2.24, 2.45) is 0 Å². The fourth-order valence-electron chi connectivity index (χ4n) is 1.46. The Bertz CT molecular complexity index is 474. The Morgan fingerprint density at radius 2 is 1.67 bits per heavy atom. The first-order valence-corrected chi connectivity index (χ1v) is 5.86. The second kappa shape index (κ2) is 4.38. The summed E-state index contributed by atoms with van der Waals surface area (Å²) in [7, 11) is 0. The quantitative estimate of drug-likeness (QED) is 0.684. The highest BCUT2D eigenvalue weighted by atomic mass is 79.9. The molecule has 0 fully saturated rings. The van der Waals surface area contributed by atoms with E-state index in [1.165, 1.54) is 11.1 Å². The highest BCUT2D eigenvalue weighted by molar-refractivity contribution is 9.10. The Kier molecular flexibility index (Phi) is 3.13. The summed E-state index contributed by atoms with van der Waals surface area (Å²) in [6.07, 6.45) is 0. The van der Waals surface area contributed by atoms with Crippen LogP contribution in [0.5, 0.6) is 0 Å². The van der Waals surface area contributed by atoms with E-state index >= 15 is 0 Å². The van der Waals surface area contributed by atoms with Crippen molar-refractivity contribution in [3.05, 3.63) is 57.5 Å². The van der Waals surface area contributed by atoms with Crippen LogP contribution in [0.3, 0.4) is 0 Å². The zero-order valence-electron chi connectivity index (χ0n) is 8.30. The van der Waals surface area contributed by atoms with Gasteiger partial charge in [0.25, 0.3) is 0 Å². The topological polar surface area (TPSA) is 0 Å². The maximum absolute atomic E-state index is 6.05. The van der Waals surface area contributed by atoms with Crippen LogP contribution in [0, 0.1) is 6.92 Å². The molecule has 2 aromatic carbocycles. The molecule has 0 aliphatic heterocycles. The van der Waals surface area contributed by atoms with Gasteiger partial charge in [0.05, 0.1) is 5.02 Å². The van der Waals surface area contributed by atoms with Gasteiger partial charge in [0.15, 0.2) is 0 Å². The average molecular weight is 282 g/mol. The highest BCUT2D eigenvalue weighted by Crippen LogP contribution is 2.33. The van der Waals surface area contributed by atoms with Gasteiger partial charge in [0.2, 0.25) is 0 Å². The SMILES string of the molecule is Cc1ccc(-c2cccc(Cl)c2Br)cc1. The molecule has 0 radical (unpaired) electrons. The molecule has 0 N–H and O–H groups in total. The van der Waals surface area contributed by atoms with Crippen LogP contribution in [0.4, 0.5) is 0 Å². The van der Waals surface area contributed by atoms with Gasteiger partial charge in [-0.3, -0.25) is 0 Å². The lowest BCUT2D eigenvalue weighted by Crippen LogP contribution is -1.81. The molecule has 0 aliphatic carbocycles. The van der Waals surface area contributed by atoms with Gasteiger partial charge in [0.1, 0.15) is 0 Å². The third kappa shape index (κ3) is 2.24. The molecule has 0 atom stereocenters. The van der Waals surface area contributed by atoms with Gasteiger partial charge in [-0.05, 0) is 40.0 Å². The summed E-state index contributed by atoms with van der Waals surface area (Å²) in [5.74, 6) is 0. The van der Waals surface area contributed by atoms with Crippen LogP contribution in [-0.2, 0) is 0 Å². The predicted octanol–water partition coefficient (Wildman–Crippen LogP) is 5.08. The standard InChI is InChI=1S/C13H10BrCl/c1-9-5-7-10(8-6-9)11-3-2-4-12(15)13(11)14/h2-8H,1H3. The molecule has 0 aromatic heterocycles. The molecule has 2 rings (SSSR count). The molecule has 0 saturated carbocycles. The van der Waals surface area contributed by atoms with Crippen LogP contribution in [-0.4, -0.2) is 0 Å². The molecular formula is C13H10BrCl. The first-order valence-electron chi connectivity index (χ1n) is 4.69. The Balaban J connectivity index is 2.54. The summed E-state index contributed by atoms with van der Waals surface area (Å²) in [6, 6.07) is 14.3. The monoisotopic (exact) mass is 280 g/mol. The summed E-state index contributed by atoms with van der Waals surface area (Å²) < 4.78 is 0.954. The number of halogens is 2. The molecular weight excluding hydrogens is 272 g/mol. The van der Waals surface area contributed by atoms with Gasteiger partial charge in [-0.1, -0.05) is 53.6 Å². The van der Waals surface area contributed by atoms with Crippen LogP contribution in [0.2, 0.25) is 5.02 Å². The minimum Gasteiger partial charge on any atom is -0.0831 e. The fourth-order valence-corrected chi connectivity index (χ4v) is 2.13. The van der Waals surface area contributed by atoms with Gasteiger partial charge in [-0.2, -0.15) is 0 Å². The van der Waals surface area contributed by atoms with Gasteiger partial charge >= 0.3 is 0 Å². The fraction of sp³-hybridized carbons (Fsp3) is 0.0769. The van der Waals surface area contributed by atoms with Crippen molar-refractivity contribution in [3.8, 4) is 11.1 Å². The zero-order valence-corrected chi connectivity index (χ0v) is 10.6. The molecule has 0 saturated heterocycles. The van der Waals surface area contributed by atoms with Gasteiger partial charge in [-0.15, -0.1) is 0 Å². The van der Waals surface area contributed by atoms with Crippen molar-refractivity contribution in [2.45, 2.75) is 6.92 Å². The third-order valence-corrected chi connectivity index (χ3v) is 3.71. The van der Waals surface area contributed by atoms with Crippen LogP contribution >= 0.6 is 27.5 Å². The predicted molar refractivity (Wildman–Crippen MR) is 69.3 cm³/mol. The molecule has 76 valence electrons. The smallest absolute Gasteiger partial charge is 0.0554 e. The Morgan fingerprint density at radius 3 is 2.33 bits per heavy atom. The summed E-state index contributed by atoms with van der Waals surface area (Å²) in [5, 5.41) is 0.744. The maximum atomic E-state index is 6.05. The summed E-state index contributed by atoms with van der Waals surface area (Å²) >= 11 is 9.55. The van der Waals surface area contributed by atoms with E-state index in [0.29, 0.717) is 0 Å². The lowest BCUT2D eigenvalue weighted by molar-refractivity contribution is 1.46. The second-order valence-corrected chi connectivity index (χ2v) is 4.67. The summed E-state index contributed by atoms with van der Waals surface area (Å²) in [4.78, 5) is 0. The first-order chi connectivity index (χ1) is 7.18. The van der Waals surface area contributed by atoms with Crippen LogP contribution in [0.15, 0.2) is 46.9 Å². The Labute approximate surface area is 103 Å². The molecule has 0 bridgehead atoms. The molecule has 2 aromatic rings. The Hall–Kier alpha value is -0.790. The van der Waals surface area contributed by atoms with Crippen LogP contribution in [0.1, 0.15) is 5.56 Å². The van der Waals surface area contributed by atoms with E-state index in [1.807, 2.05) is 12.1 Å². The van der Waals surface area contributed by atoms with Crippen molar-refractivity contribution in [1.29, 1.82) is 0 Å². The molecule has 0 aliphatic rings. The van der Waals surface area contributed by atoms with Crippen molar-refractivity contribution in [1.82, 2.24) is 0 Å². The van der Waals surface area contributed by atoms with E-state index in [4.69, 9.17) is 11.6 Å². The molecule has 2 heteroatoms. The molecule has 0 spiro atoms. The third-order valence-electron chi connectivity index (χ3n) is 2.31. The lowest BCUT2D eigenvalue weighted by atomic mass is 10.0. The number of hydrogen-bond acceptors (Lipinski definition) is 0. The zero-order chi connectivity index (χ0) is 10.8. The van der Waals surface area contributed by atoms with E-state index in [-0.39, 0.29) is 0 Å². The van der Waals surface area contributed by atoms with Crippen molar-refractivity contribution < 1.29 is 0 Å². The molecule has 0 unspecified atom stereocenters. The van der Waals surface area contributed by atoms with Crippen molar-refractivity contribution in [3.63, 3.8) is 0 Å². The molecule has 0 heterocycles. The van der Waals surface area contributed by atoms with Crippen LogP contribution < -0.4 is 0 Å². The van der Waals surface area contributed by atoms with Gasteiger partial charge < -0.3 is 0 Å². The first kappa shape index (κ1) is 10.7. The second-order valence-electron chi connectivity index (χ2n) is 3.47. The van der Waals surface area contributed by atoms with Crippen LogP contribution in [0.25, 0.3) is 11.1 Å². The minimum atomic E-state index is 0.744. The highest BCUT2D eigenvalue weighted by Gasteiger charge is 2.05. The average Bonchev–Trinajstić information content (AvgIpc) is 2.24. The normalized spacial score (nSPS) is 10.3. The van der Waals surface area contributed by atoms with E-state index in [9.17, 15) is 0 Å². The summed E-state index contributed by atoms with van der Waals surface area (Å²) in [6.45, 7) is 2.08. The number of rotatable bonds is 1. The van der Waals surface area contributed by atoms with E-state index in [2.05, 4.69) is 53.2 Å². The molecule has 15 heavy (non-hydrogen) atoms. The maximum Gasteiger partial charge on any atom is 0.0554 e. The minimum absolute atomic E-state index is 0.744. The van der Waals surface area contributed by atoms with Gasteiger partial charge in [0, 0.05) is 4.47 Å². The number of aryl methyl sites for hydroxylation is 1. The van der Waals surface area contributed by atoms with E-state index in [0.717, 1.165) is 15.1 Å².